The number of anilines is 1. The van der Waals surface area contributed by atoms with E-state index in [0.717, 1.165) is 36.5 Å². The van der Waals surface area contributed by atoms with Crippen LogP contribution in [0.25, 0.3) is 11.3 Å². The molecule has 0 bridgehead atoms. The molecule has 0 saturated carbocycles. The molecule has 3 aromatic rings. The fourth-order valence-corrected chi connectivity index (χ4v) is 4.06. The molecular formula is C24H27FN2O. The molecule has 0 amide bonds. The van der Waals surface area contributed by atoms with Gasteiger partial charge in [-0.1, -0.05) is 37.6 Å². The molecule has 2 unspecified atom stereocenters. The number of aromatic nitrogens is 1. The number of hydrogen-bond donors (Lipinski definition) is 1. The highest BCUT2D eigenvalue weighted by Crippen LogP contribution is 2.34. The van der Waals surface area contributed by atoms with E-state index in [4.69, 9.17) is 4.74 Å². The van der Waals surface area contributed by atoms with Crippen LogP contribution < -0.4 is 4.90 Å². The van der Waals surface area contributed by atoms with Crippen molar-refractivity contribution >= 4 is 5.69 Å². The molecule has 2 heterocycles. The number of morpholine rings is 1. The SMILES string of the molecule is CCCc1ccc(-c2ccc(C3C(C)OCCN3c3ccc(F)cc3)[nH]2)cc1. The summed E-state index contributed by atoms with van der Waals surface area (Å²) in [5.41, 5.74) is 5.79. The fourth-order valence-electron chi connectivity index (χ4n) is 4.06. The lowest BCUT2D eigenvalue weighted by molar-refractivity contribution is 0.0222. The van der Waals surface area contributed by atoms with Crippen molar-refractivity contribution in [3.05, 3.63) is 77.7 Å². The Balaban J connectivity index is 1.61. The zero-order valence-corrected chi connectivity index (χ0v) is 16.5. The van der Waals surface area contributed by atoms with Gasteiger partial charge < -0.3 is 14.6 Å². The van der Waals surface area contributed by atoms with Crippen molar-refractivity contribution in [3.63, 3.8) is 0 Å². The maximum atomic E-state index is 13.4. The number of ether oxygens (including phenoxy) is 1. The van der Waals surface area contributed by atoms with Gasteiger partial charge in [0.25, 0.3) is 0 Å². The molecule has 1 aromatic heterocycles. The van der Waals surface area contributed by atoms with Gasteiger partial charge in [-0.3, -0.25) is 0 Å². The molecule has 1 N–H and O–H groups in total. The molecule has 2 atom stereocenters. The van der Waals surface area contributed by atoms with Crippen molar-refractivity contribution in [2.24, 2.45) is 0 Å². The number of aryl methyl sites for hydroxylation is 1. The molecule has 4 rings (SSSR count). The van der Waals surface area contributed by atoms with E-state index in [0.29, 0.717) is 6.61 Å². The minimum atomic E-state index is -0.213. The maximum Gasteiger partial charge on any atom is 0.123 e. The lowest BCUT2D eigenvalue weighted by Crippen LogP contribution is -2.44. The monoisotopic (exact) mass is 378 g/mol. The van der Waals surface area contributed by atoms with E-state index in [-0.39, 0.29) is 18.0 Å². The van der Waals surface area contributed by atoms with E-state index >= 15 is 0 Å². The Bertz CT molecular complexity index is 901. The van der Waals surface area contributed by atoms with Gasteiger partial charge in [-0.05, 0) is 60.9 Å². The summed E-state index contributed by atoms with van der Waals surface area (Å²) in [6.45, 7) is 5.74. The number of benzene rings is 2. The van der Waals surface area contributed by atoms with E-state index in [1.54, 1.807) is 0 Å². The molecule has 1 aliphatic heterocycles. The van der Waals surface area contributed by atoms with Crippen LogP contribution >= 0.6 is 0 Å². The number of nitrogens with zero attached hydrogens (tertiary/aromatic N) is 1. The zero-order chi connectivity index (χ0) is 19.5. The van der Waals surface area contributed by atoms with Crippen LogP contribution in [0.2, 0.25) is 0 Å². The second kappa shape index (κ2) is 8.19. The van der Waals surface area contributed by atoms with E-state index < -0.39 is 0 Å². The average molecular weight is 378 g/mol. The number of rotatable bonds is 5. The first-order chi connectivity index (χ1) is 13.7. The molecule has 0 radical (unpaired) electrons. The first-order valence-electron chi connectivity index (χ1n) is 10.1. The Morgan fingerprint density at radius 3 is 2.50 bits per heavy atom. The number of halogens is 1. The van der Waals surface area contributed by atoms with E-state index in [2.05, 4.69) is 60.1 Å². The van der Waals surface area contributed by atoms with E-state index in [1.165, 1.54) is 23.3 Å². The van der Waals surface area contributed by atoms with Crippen molar-refractivity contribution in [1.82, 2.24) is 4.98 Å². The fraction of sp³-hybridized carbons (Fsp3) is 0.333. The molecule has 1 aliphatic rings. The Hall–Kier alpha value is -2.59. The van der Waals surface area contributed by atoms with E-state index in [9.17, 15) is 4.39 Å². The topological polar surface area (TPSA) is 28.3 Å². The van der Waals surface area contributed by atoms with Gasteiger partial charge in [-0.25, -0.2) is 4.39 Å². The van der Waals surface area contributed by atoms with Crippen LogP contribution in [0, 0.1) is 5.82 Å². The smallest absolute Gasteiger partial charge is 0.123 e. The lowest BCUT2D eigenvalue weighted by Gasteiger charge is -2.41. The molecule has 146 valence electrons. The first-order valence-corrected chi connectivity index (χ1v) is 10.1. The highest BCUT2D eigenvalue weighted by atomic mass is 19.1. The third-order valence-corrected chi connectivity index (χ3v) is 5.48. The summed E-state index contributed by atoms with van der Waals surface area (Å²) < 4.78 is 19.3. The summed E-state index contributed by atoms with van der Waals surface area (Å²) in [6, 6.07) is 19.8. The van der Waals surface area contributed by atoms with Crippen molar-refractivity contribution < 1.29 is 9.13 Å². The van der Waals surface area contributed by atoms with Gasteiger partial charge in [-0.2, -0.15) is 0 Å². The van der Waals surface area contributed by atoms with E-state index in [1.807, 2.05) is 12.1 Å². The minimum absolute atomic E-state index is 0.0391. The van der Waals surface area contributed by atoms with Gasteiger partial charge >= 0.3 is 0 Å². The Kier molecular flexibility index (Phi) is 5.49. The normalized spacial score (nSPS) is 19.8. The second-order valence-electron chi connectivity index (χ2n) is 7.46. The number of nitrogens with one attached hydrogen (secondary N) is 1. The van der Waals surface area contributed by atoms with Crippen LogP contribution in [0.5, 0.6) is 0 Å². The minimum Gasteiger partial charge on any atom is -0.374 e. The summed E-state index contributed by atoms with van der Waals surface area (Å²) in [6.07, 6.45) is 2.31. The largest absolute Gasteiger partial charge is 0.374 e. The molecule has 1 fully saturated rings. The van der Waals surface area contributed by atoms with Gasteiger partial charge in [0, 0.05) is 23.6 Å². The highest BCUT2D eigenvalue weighted by Gasteiger charge is 2.32. The van der Waals surface area contributed by atoms with Crippen LogP contribution in [0.4, 0.5) is 10.1 Å². The summed E-state index contributed by atoms with van der Waals surface area (Å²) in [5.74, 6) is -0.213. The van der Waals surface area contributed by atoms with Crippen LogP contribution in [0.3, 0.4) is 0 Å². The van der Waals surface area contributed by atoms with Crippen LogP contribution in [0.15, 0.2) is 60.7 Å². The average Bonchev–Trinajstić information content (AvgIpc) is 3.19. The molecule has 0 aliphatic carbocycles. The number of aromatic amines is 1. The van der Waals surface area contributed by atoms with Crippen molar-refractivity contribution in [2.75, 3.05) is 18.1 Å². The van der Waals surface area contributed by atoms with Crippen LogP contribution in [0.1, 0.15) is 37.6 Å². The van der Waals surface area contributed by atoms with Gasteiger partial charge in [0.1, 0.15) is 5.82 Å². The molecule has 3 nitrogen and oxygen atoms in total. The lowest BCUT2D eigenvalue weighted by atomic mass is 10.0. The standard InChI is InChI=1S/C24H27FN2O/c1-3-4-18-5-7-19(8-6-18)22-13-14-23(26-22)24-17(2)28-16-15-27(24)21-11-9-20(25)10-12-21/h5-14,17,24,26H,3-4,15-16H2,1-2H3. The predicted octanol–water partition coefficient (Wildman–Crippen LogP) is 5.74. The molecular weight excluding hydrogens is 351 g/mol. The predicted molar refractivity (Wildman–Crippen MR) is 112 cm³/mol. The Morgan fingerprint density at radius 1 is 1.04 bits per heavy atom. The maximum absolute atomic E-state index is 13.4. The summed E-state index contributed by atoms with van der Waals surface area (Å²) in [4.78, 5) is 5.90. The molecule has 4 heteroatoms. The first kappa shape index (κ1) is 18.8. The molecule has 28 heavy (non-hydrogen) atoms. The van der Waals surface area contributed by atoms with Gasteiger partial charge in [0.15, 0.2) is 0 Å². The summed E-state index contributed by atoms with van der Waals surface area (Å²) in [7, 11) is 0. The van der Waals surface area contributed by atoms with Crippen molar-refractivity contribution in [3.8, 4) is 11.3 Å². The van der Waals surface area contributed by atoms with Crippen molar-refractivity contribution in [1.29, 1.82) is 0 Å². The van der Waals surface area contributed by atoms with Gasteiger partial charge in [-0.15, -0.1) is 0 Å². The van der Waals surface area contributed by atoms with Crippen molar-refractivity contribution in [2.45, 2.75) is 38.8 Å². The molecule has 1 saturated heterocycles. The summed E-state index contributed by atoms with van der Waals surface area (Å²) in [5, 5.41) is 0. The number of hydrogen-bond acceptors (Lipinski definition) is 2. The Morgan fingerprint density at radius 2 is 1.79 bits per heavy atom. The van der Waals surface area contributed by atoms with Gasteiger partial charge in [0.2, 0.25) is 0 Å². The third-order valence-electron chi connectivity index (χ3n) is 5.48. The Labute approximate surface area is 166 Å². The van der Waals surface area contributed by atoms with Crippen LogP contribution in [-0.4, -0.2) is 24.2 Å². The van der Waals surface area contributed by atoms with Gasteiger partial charge in [0.05, 0.1) is 18.8 Å². The summed E-state index contributed by atoms with van der Waals surface area (Å²) >= 11 is 0. The highest BCUT2D eigenvalue weighted by molar-refractivity contribution is 5.61. The number of H-pyrrole nitrogens is 1. The van der Waals surface area contributed by atoms with Crippen LogP contribution in [-0.2, 0) is 11.2 Å². The quantitative estimate of drug-likeness (QED) is 0.613. The zero-order valence-electron chi connectivity index (χ0n) is 16.5. The third kappa shape index (κ3) is 3.83. The second-order valence-corrected chi connectivity index (χ2v) is 7.46. The molecule has 2 aromatic carbocycles. The molecule has 0 spiro atoms.